The van der Waals surface area contributed by atoms with Crippen molar-refractivity contribution in [1.29, 1.82) is 0 Å². The first-order valence-corrected chi connectivity index (χ1v) is 6.30. The second kappa shape index (κ2) is 6.69. The van der Waals surface area contributed by atoms with Crippen molar-refractivity contribution >= 4 is 5.97 Å². The smallest absolute Gasteiger partial charge is 0.331 e. The number of hydrogen-bond donors (Lipinski definition) is 2. The van der Waals surface area contributed by atoms with E-state index < -0.39 is 5.97 Å². The van der Waals surface area contributed by atoms with Crippen molar-refractivity contribution in [2.45, 2.75) is 52.0 Å². The molecule has 0 unspecified atom stereocenters. The first-order valence-electron chi connectivity index (χ1n) is 6.30. The van der Waals surface area contributed by atoms with Gasteiger partial charge in [0, 0.05) is 18.2 Å². The van der Waals surface area contributed by atoms with Crippen molar-refractivity contribution in [2.75, 3.05) is 6.54 Å². The van der Waals surface area contributed by atoms with Crippen LogP contribution < -0.4 is 5.32 Å². The number of nitrogens with one attached hydrogen (secondary N) is 1. The Hall–Kier alpha value is -0.830. The lowest BCUT2D eigenvalue weighted by Gasteiger charge is -2.19. The largest absolute Gasteiger partial charge is 0.478 e. The summed E-state index contributed by atoms with van der Waals surface area (Å²) in [5.74, 6) is -0.0128. The highest BCUT2D eigenvalue weighted by Crippen LogP contribution is 2.27. The van der Waals surface area contributed by atoms with Crippen molar-refractivity contribution < 1.29 is 9.90 Å². The second-order valence-corrected chi connectivity index (χ2v) is 4.63. The number of carboxylic acid groups (broad SMARTS) is 1. The standard InChI is InChI=1S/C13H23NO2/c1-3-11(13(15)16)8-9-14-10(2)12-6-4-5-7-12/h8,10,12,14H,3-7,9H2,1-2H3,(H,15,16)/t10-/m1/s1. The monoisotopic (exact) mass is 225 g/mol. The molecule has 0 radical (unpaired) electrons. The lowest BCUT2D eigenvalue weighted by molar-refractivity contribution is -0.132. The number of hydrogen-bond acceptors (Lipinski definition) is 2. The van der Waals surface area contributed by atoms with Crippen molar-refractivity contribution in [3.05, 3.63) is 11.6 Å². The fourth-order valence-corrected chi connectivity index (χ4v) is 2.37. The highest BCUT2D eigenvalue weighted by atomic mass is 16.4. The summed E-state index contributed by atoms with van der Waals surface area (Å²) in [5.41, 5.74) is 0.506. The van der Waals surface area contributed by atoms with Crippen molar-refractivity contribution in [2.24, 2.45) is 5.92 Å². The summed E-state index contributed by atoms with van der Waals surface area (Å²) in [6.07, 6.45) is 7.72. The van der Waals surface area contributed by atoms with Crippen LogP contribution in [0.15, 0.2) is 11.6 Å². The first-order chi connectivity index (χ1) is 7.65. The van der Waals surface area contributed by atoms with Crippen LogP contribution in [0.3, 0.4) is 0 Å². The fourth-order valence-electron chi connectivity index (χ4n) is 2.37. The van der Waals surface area contributed by atoms with E-state index in [1.54, 1.807) is 6.08 Å². The third-order valence-corrected chi connectivity index (χ3v) is 3.55. The SMILES string of the molecule is CCC(=CCN[C@H](C)C1CCCC1)C(=O)O. The highest BCUT2D eigenvalue weighted by Gasteiger charge is 2.20. The summed E-state index contributed by atoms with van der Waals surface area (Å²) in [7, 11) is 0. The summed E-state index contributed by atoms with van der Waals surface area (Å²) >= 11 is 0. The zero-order chi connectivity index (χ0) is 12.0. The lowest BCUT2D eigenvalue weighted by Crippen LogP contribution is -2.32. The molecular weight excluding hydrogens is 202 g/mol. The van der Waals surface area contributed by atoms with Gasteiger partial charge in [-0.3, -0.25) is 0 Å². The lowest BCUT2D eigenvalue weighted by atomic mass is 10.00. The van der Waals surface area contributed by atoms with Gasteiger partial charge in [0.15, 0.2) is 0 Å². The van der Waals surface area contributed by atoms with Gasteiger partial charge in [0.25, 0.3) is 0 Å². The molecule has 0 spiro atoms. The van der Waals surface area contributed by atoms with E-state index in [4.69, 9.17) is 5.11 Å². The average Bonchev–Trinajstić information content (AvgIpc) is 2.76. The molecule has 2 N–H and O–H groups in total. The van der Waals surface area contributed by atoms with Gasteiger partial charge in [0.2, 0.25) is 0 Å². The average molecular weight is 225 g/mol. The minimum Gasteiger partial charge on any atom is -0.478 e. The predicted molar refractivity (Wildman–Crippen MR) is 65.4 cm³/mol. The molecule has 0 bridgehead atoms. The first kappa shape index (κ1) is 13.2. The second-order valence-electron chi connectivity index (χ2n) is 4.63. The molecule has 1 aliphatic rings. The summed E-state index contributed by atoms with van der Waals surface area (Å²) < 4.78 is 0. The van der Waals surface area contributed by atoms with Crippen LogP contribution in [0.4, 0.5) is 0 Å². The Bertz CT molecular complexity index is 255. The molecule has 0 saturated heterocycles. The highest BCUT2D eigenvalue weighted by molar-refractivity contribution is 5.86. The van der Waals surface area contributed by atoms with Gasteiger partial charge in [-0.15, -0.1) is 0 Å². The van der Waals surface area contributed by atoms with Gasteiger partial charge in [0.05, 0.1) is 0 Å². The topological polar surface area (TPSA) is 49.3 Å². The number of rotatable bonds is 6. The summed E-state index contributed by atoms with van der Waals surface area (Å²) in [6.45, 7) is 4.75. The molecule has 92 valence electrons. The van der Waals surface area contributed by atoms with Crippen LogP contribution >= 0.6 is 0 Å². The third-order valence-electron chi connectivity index (χ3n) is 3.55. The van der Waals surface area contributed by atoms with Gasteiger partial charge < -0.3 is 10.4 Å². The molecular formula is C13H23NO2. The Morgan fingerprint density at radius 3 is 2.62 bits per heavy atom. The van der Waals surface area contributed by atoms with Crippen LogP contribution in [-0.2, 0) is 4.79 Å². The molecule has 16 heavy (non-hydrogen) atoms. The van der Waals surface area contributed by atoms with Gasteiger partial charge in [-0.1, -0.05) is 25.8 Å². The fraction of sp³-hybridized carbons (Fsp3) is 0.769. The number of carboxylic acids is 1. The Morgan fingerprint density at radius 1 is 1.50 bits per heavy atom. The minimum absolute atomic E-state index is 0.505. The molecule has 0 aromatic carbocycles. The number of aliphatic carboxylic acids is 1. The molecule has 3 nitrogen and oxygen atoms in total. The van der Waals surface area contributed by atoms with E-state index in [0.717, 1.165) is 5.92 Å². The maximum Gasteiger partial charge on any atom is 0.331 e. The summed E-state index contributed by atoms with van der Waals surface area (Å²) in [4.78, 5) is 10.8. The molecule has 0 heterocycles. The molecule has 0 aliphatic heterocycles. The number of carbonyl (C=O) groups is 1. The molecule has 1 saturated carbocycles. The van der Waals surface area contributed by atoms with E-state index in [1.807, 2.05) is 6.92 Å². The third kappa shape index (κ3) is 3.97. The van der Waals surface area contributed by atoms with Crippen LogP contribution in [0, 0.1) is 5.92 Å². The van der Waals surface area contributed by atoms with E-state index in [9.17, 15) is 4.79 Å². The molecule has 3 heteroatoms. The Labute approximate surface area is 97.9 Å². The molecule has 0 aromatic heterocycles. The Kier molecular flexibility index (Phi) is 5.53. The van der Waals surface area contributed by atoms with Gasteiger partial charge in [-0.25, -0.2) is 4.79 Å². The molecule has 1 rings (SSSR count). The summed E-state index contributed by atoms with van der Waals surface area (Å²) in [6, 6.07) is 0.505. The van der Waals surface area contributed by atoms with Crippen LogP contribution in [0.2, 0.25) is 0 Å². The van der Waals surface area contributed by atoms with E-state index in [2.05, 4.69) is 12.2 Å². The molecule has 1 atom stereocenters. The zero-order valence-corrected chi connectivity index (χ0v) is 10.3. The maximum absolute atomic E-state index is 10.8. The summed E-state index contributed by atoms with van der Waals surface area (Å²) in [5, 5.41) is 12.3. The maximum atomic E-state index is 10.8. The van der Waals surface area contributed by atoms with Crippen molar-refractivity contribution in [3.63, 3.8) is 0 Å². The van der Waals surface area contributed by atoms with Gasteiger partial charge in [-0.2, -0.15) is 0 Å². The molecule has 0 amide bonds. The molecule has 1 aliphatic carbocycles. The Balaban J connectivity index is 2.30. The molecule has 1 fully saturated rings. The van der Waals surface area contributed by atoms with E-state index >= 15 is 0 Å². The zero-order valence-electron chi connectivity index (χ0n) is 10.3. The normalized spacial score (nSPS) is 20.0. The van der Waals surface area contributed by atoms with Crippen LogP contribution in [0.5, 0.6) is 0 Å². The van der Waals surface area contributed by atoms with Crippen LogP contribution in [-0.4, -0.2) is 23.7 Å². The van der Waals surface area contributed by atoms with Gasteiger partial charge >= 0.3 is 5.97 Å². The van der Waals surface area contributed by atoms with E-state index in [-0.39, 0.29) is 0 Å². The van der Waals surface area contributed by atoms with Crippen molar-refractivity contribution in [1.82, 2.24) is 5.32 Å². The van der Waals surface area contributed by atoms with E-state index in [1.165, 1.54) is 25.7 Å². The quantitative estimate of drug-likeness (QED) is 0.683. The van der Waals surface area contributed by atoms with Crippen molar-refractivity contribution in [3.8, 4) is 0 Å². The predicted octanol–water partition coefficient (Wildman–Crippen LogP) is 2.58. The minimum atomic E-state index is -0.794. The van der Waals surface area contributed by atoms with Crippen LogP contribution in [0.25, 0.3) is 0 Å². The van der Waals surface area contributed by atoms with E-state index in [0.29, 0.717) is 24.6 Å². The molecule has 0 aromatic rings. The van der Waals surface area contributed by atoms with Gasteiger partial charge in [0.1, 0.15) is 0 Å². The van der Waals surface area contributed by atoms with Gasteiger partial charge in [-0.05, 0) is 32.1 Å². The Morgan fingerprint density at radius 2 is 2.12 bits per heavy atom. The van der Waals surface area contributed by atoms with Crippen LogP contribution in [0.1, 0.15) is 46.0 Å².